The largest absolute Gasteiger partial charge is 0.480 e. The quantitative estimate of drug-likeness (QED) is 0.589. The standard InChI is InChI=1S/C8H8OS/c1-3-4-9-8-5-7(2)10-6-8/h1,5-6H,4H2,2H3. The van der Waals surface area contributed by atoms with Gasteiger partial charge in [-0.3, -0.25) is 0 Å². The average molecular weight is 152 g/mol. The lowest BCUT2D eigenvalue weighted by Gasteiger charge is -1.94. The summed E-state index contributed by atoms with van der Waals surface area (Å²) in [5.41, 5.74) is 0. The predicted molar refractivity (Wildman–Crippen MR) is 43.4 cm³/mol. The van der Waals surface area contributed by atoms with Gasteiger partial charge in [-0.2, -0.15) is 0 Å². The Morgan fingerprint density at radius 1 is 1.80 bits per heavy atom. The molecule has 1 aromatic rings. The van der Waals surface area contributed by atoms with Crippen molar-refractivity contribution in [2.75, 3.05) is 6.61 Å². The molecule has 1 heterocycles. The number of thiophene rings is 1. The fraction of sp³-hybridized carbons (Fsp3) is 0.250. The third kappa shape index (κ3) is 1.78. The zero-order valence-electron chi connectivity index (χ0n) is 5.76. The van der Waals surface area contributed by atoms with Crippen LogP contribution in [0.1, 0.15) is 4.88 Å². The van der Waals surface area contributed by atoms with Gasteiger partial charge in [0.2, 0.25) is 0 Å². The van der Waals surface area contributed by atoms with Crippen molar-refractivity contribution in [3.05, 3.63) is 16.3 Å². The van der Waals surface area contributed by atoms with Crippen LogP contribution in [0.4, 0.5) is 0 Å². The van der Waals surface area contributed by atoms with Gasteiger partial charge in [-0.05, 0) is 13.0 Å². The van der Waals surface area contributed by atoms with E-state index in [1.54, 1.807) is 11.3 Å². The molecule has 0 saturated carbocycles. The van der Waals surface area contributed by atoms with Crippen molar-refractivity contribution < 1.29 is 4.74 Å². The van der Waals surface area contributed by atoms with Gasteiger partial charge < -0.3 is 4.74 Å². The Hall–Kier alpha value is -0.940. The van der Waals surface area contributed by atoms with E-state index in [1.165, 1.54) is 4.88 Å². The monoisotopic (exact) mass is 152 g/mol. The van der Waals surface area contributed by atoms with Crippen molar-refractivity contribution in [1.29, 1.82) is 0 Å². The van der Waals surface area contributed by atoms with Crippen LogP contribution in [0.15, 0.2) is 11.4 Å². The second-order valence-corrected chi connectivity index (χ2v) is 3.00. The third-order valence-corrected chi connectivity index (χ3v) is 1.87. The molecule has 0 aliphatic rings. The lowest BCUT2D eigenvalue weighted by molar-refractivity contribution is 0.372. The maximum Gasteiger partial charge on any atom is 0.148 e. The van der Waals surface area contributed by atoms with Crippen molar-refractivity contribution in [3.8, 4) is 18.1 Å². The van der Waals surface area contributed by atoms with Gasteiger partial charge in [0.1, 0.15) is 12.4 Å². The van der Waals surface area contributed by atoms with Crippen LogP contribution in [-0.2, 0) is 0 Å². The van der Waals surface area contributed by atoms with Crippen LogP contribution in [0, 0.1) is 19.3 Å². The summed E-state index contributed by atoms with van der Waals surface area (Å²) < 4.78 is 5.15. The molecule has 0 aromatic carbocycles. The molecule has 1 aromatic heterocycles. The van der Waals surface area contributed by atoms with Crippen LogP contribution >= 0.6 is 11.3 Å². The lowest BCUT2D eigenvalue weighted by atomic mass is 10.5. The molecule has 0 N–H and O–H groups in total. The highest BCUT2D eigenvalue weighted by Gasteiger charge is 1.93. The van der Waals surface area contributed by atoms with Gasteiger partial charge in [-0.15, -0.1) is 17.8 Å². The summed E-state index contributed by atoms with van der Waals surface area (Å²) in [4.78, 5) is 1.24. The summed E-state index contributed by atoms with van der Waals surface area (Å²) in [6.07, 6.45) is 5.01. The highest BCUT2D eigenvalue weighted by molar-refractivity contribution is 7.10. The Morgan fingerprint density at radius 2 is 2.60 bits per heavy atom. The van der Waals surface area contributed by atoms with Crippen molar-refractivity contribution in [2.45, 2.75) is 6.92 Å². The summed E-state index contributed by atoms with van der Waals surface area (Å²) >= 11 is 1.66. The highest BCUT2D eigenvalue weighted by atomic mass is 32.1. The third-order valence-electron chi connectivity index (χ3n) is 1.03. The first-order valence-corrected chi connectivity index (χ1v) is 3.82. The van der Waals surface area contributed by atoms with E-state index in [0.29, 0.717) is 6.61 Å². The number of aryl methyl sites for hydroxylation is 1. The van der Waals surface area contributed by atoms with Crippen LogP contribution < -0.4 is 4.74 Å². The first-order chi connectivity index (χ1) is 4.83. The molecule has 0 unspecified atom stereocenters. The van der Waals surface area contributed by atoms with E-state index in [9.17, 15) is 0 Å². The number of rotatable bonds is 2. The number of ether oxygens (including phenoxy) is 1. The first kappa shape index (κ1) is 7.17. The second kappa shape index (κ2) is 3.28. The van der Waals surface area contributed by atoms with Crippen LogP contribution in [0.2, 0.25) is 0 Å². The Balaban J connectivity index is 2.52. The van der Waals surface area contributed by atoms with E-state index in [4.69, 9.17) is 11.2 Å². The van der Waals surface area contributed by atoms with Crippen molar-refractivity contribution >= 4 is 11.3 Å². The maximum absolute atomic E-state index is 5.15. The van der Waals surface area contributed by atoms with Gasteiger partial charge in [0.15, 0.2) is 0 Å². The molecule has 0 atom stereocenters. The Labute approximate surface area is 64.6 Å². The summed E-state index contributed by atoms with van der Waals surface area (Å²) in [7, 11) is 0. The van der Waals surface area contributed by atoms with E-state index in [0.717, 1.165) is 5.75 Å². The van der Waals surface area contributed by atoms with Crippen molar-refractivity contribution in [1.82, 2.24) is 0 Å². The van der Waals surface area contributed by atoms with Gasteiger partial charge in [0.25, 0.3) is 0 Å². The Kier molecular flexibility index (Phi) is 2.35. The van der Waals surface area contributed by atoms with E-state index < -0.39 is 0 Å². The smallest absolute Gasteiger partial charge is 0.148 e. The van der Waals surface area contributed by atoms with E-state index in [-0.39, 0.29) is 0 Å². The number of hydrogen-bond donors (Lipinski definition) is 0. The molecule has 1 rings (SSSR count). The number of terminal acetylenes is 1. The van der Waals surface area contributed by atoms with E-state index >= 15 is 0 Å². The molecule has 0 bridgehead atoms. The molecule has 0 radical (unpaired) electrons. The van der Waals surface area contributed by atoms with E-state index in [2.05, 4.69) is 5.92 Å². The van der Waals surface area contributed by atoms with Crippen LogP contribution in [0.5, 0.6) is 5.75 Å². The van der Waals surface area contributed by atoms with Crippen LogP contribution in [-0.4, -0.2) is 6.61 Å². The summed E-state index contributed by atoms with van der Waals surface area (Å²) in [5, 5.41) is 1.95. The molecule has 52 valence electrons. The Bertz CT molecular complexity index is 244. The van der Waals surface area contributed by atoms with Gasteiger partial charge in [-0.1, -0.05) is 5.92 Å². The molecule has 0 saturated heterocycles. The average Bonchev–Trinajstić information content (AvgIpc) is 2.31. The molecule has 0 aliphatic heterocycles. The number of hydrogen-bond acceptors (Lipinski definition) is 2. The summed E-state index contributed by atoms with van der Waals surface area (Å²) in [6, 6.07) is 1.97. The van der Waals surface area contributed by atoms with Crippen LogP contribution in [0.3, 0.4) is 0 Å². The minimum Gasteiger partial charge on any atom is -0.480 e. The predicted octanol–water partition coefficient (Wildman–Crippen LogP) is 2.07. The molecule has 0 fully saturated rings. The van der Waals surface area contributed by atoms with Crippen LogP contribution in [0.25, 0.3) is 0 Å². The Morgan fingerprint density at radius 3 is 3.10 bits per heavy atom. The zero-order valence-corrected chi connectivity index (χ0v) is 6.57. The van der Waals surface area contributed by atoms with Gasteiger partial charge >= 0.3 is 0 Å². The van der Waals surface area contributed by atoms with Gasteiger partial charge in [0, 0.05) is 10.3 Å². The molecule has 0 aliphatic carbocycles. The normalized spacial score (nSPS) is 8.80. The highest BCUT2D eigenvalue weighted by Crippen LogP contribution is 2.19. The minimum atomic E-state index is 0.357. The van der Waals surface area contributed by atoms with Crippen molar-refractivity contribution in [3.63, 3.8) is 0 Å². The molecule has 0 spiro atoms. The van der Waals surface area contributed by atoms with Gasteiger partial charge in [-0.25, -0.2) is 0 Å². The first-order valence-electron chi connectivity index (χ1n) is 2.94. The van der Waals surface area contributed by atoms with E-state index in [1.807, 2.05) is 18.4 Å². The van der Waals surface area contributed by atoms with Crippen molar-refractivity contribution in [2.24, 2.45) is 0 Å². The topological polar surface area (TPSA) is 9.23 Å². The molecule has 2 heteroatoms. The maximum atomic E-state index is 5.15. The SMILES string of the molecule is C#CCOc1csc(C)c1. The second-order valence-electron chi connectivity index (χ2n) is 1.89. The summed E-state index contributed by atoms with van der Waals surface area (Å²) in [5.74, 6) is 3.28. The molecule has 0 amide bonds. The molecular weight excluding hydrogens is 144 g/mol. The minimum absolute atomic E-state index is 0.357. The molecule has 10 heavy (non-hydrogen) atoms. The lowest BCUT2D eigenvalue weighted by Crippen LogP contribution is -1.90. The fourth-order valence-corrected chi connectivity index (χ4v) is 1.24. The zero-order chi connectivity index (χ0) is 7.40. The fourth-order valence-electron chi connectivity index (χ4n) is 0.620. The molecular formula is C8H8OS. The van der Waals surface area contributed by atoms with Gasteiger partial charge in [0.05, 0.1) is 0 Å². The molecule has 1 nitrogen and oxygen atoms in total. The summed E-state index contributed by atoms with van der Waals surface area (Å²) in [6.45, 7) is 2.39.